The lowest BCUT2D eigenvalue weighted by molar-refractivity contribution is 0.0601. The van der Waals surface area contributed by atoms with E-state index in [4.69, 9.17) is 30.8 Å². The molecule has 9 heteroatoms. The van der Waals surface area contributed by atoms with E-state index < -0.39 is 5.97 Å². The molecule has 5 rings (SSSR count). The fourth-order valence-corrected chi connectivity index (χ4v) is 4.96. The first-order valence-electron chi connectivity index (χ1n) is 10.4. The number of aromatic nitrogens is 2. The molecular weight excluding hydrogens is 476 g/mol. The summed E-state index contributed by atoms with van der Waals surface area (Å²) >= 11 is 7.74. The van der Waals surface area contributed by atoms with Crippen molar-refractivity contribution in [2.75, 3.05) is 13.9 Å². The molecule has 7 nitrogen and oxygen atoms in total. The molecule has 4 aromatic rings. The number of esters is 1. The summed E-state index contributed by atoms with van der Waals surface area (Å²) in [6, 6.07) is 17.9. The number of fused-ring (bicyclic) bond motifs is 2. The van der Waals surface area contributed by atoms with Crippen molar-refractivity contribution in [3.63, 3.8) is 0 Å². The fraction of sp³-hybridized carbons (Fsp3) is 0.160. The van der Waals surface area contributed by atoms with Crippen LogP contribution in [-0.4, -0.2) is 29.4 Å². The van der Waals surface area contributed by atoms with Gasteiger partial charge in [0.15, 0.2) is 16.7 Å². The van der Waals surface area contributed by atoms with Crippen molar-refractivity contribution in [3.05, 3.63) is 92.7 Å². The highest BCUT2D eigenvalue weighted by Crippen LogP contribution is 2.33. The Morgan fingerprint density at radius 3 is 2.76 bits per heavy atom. The number of methoxy groups -OCH3 is 1. The smallest absolute Gasteiger partial charge is 0.337 e. The van der Waals surface area contributed by atoms with Crippen LogP contribution in [0.4, 0.5) is 0 Å². The van der Waals surface area contributed by atoms with Crippen molar-refractivity contribution < 1.29 is 19.0 Å². The predicted octanol–water partition coefficient (Wildman–Crippen LogP) is 4.91. The molecule has 2 heterocycles. The van der Waals surface area contributed by atoms with E-state index in [1.165, 1.54) is 18.9 Å². The zero-order valence-corrected chi connectivity index (χ0v) is 19.7. The zero-order chi connectivity index (χ0) is 23.7. The lowest BCUT2D eigenvalue weighted by Crippen LogP contribution is -2.24. The number of ether oxygens (including phenoxy) is 3. The van der Waals surface area contributed by atoms with Gasteiger partial charge in [0, 0.05) is 10.8 Å². The first kappa shape index (κ1) is 22.3. The standard InChI is InChI=1S/C25H19ClN2O5S/c1-31-24(30)16-7-8-18-20(11-16)27-25(34-13-17-4-2-3-5-19(17)26)28(23(18)29)12-15-6-9-21-22(10-15)33-14-32-21/h2-11H,12-14H2,1H3. The van der Waals surface area contributed by atoms with Crippen molar-refractivity contribution in [1.82, 2.24) is 9.55 Å². The Morgan fingerprint density at radius 1 is 1.12 bits per heavy atom. The van der Waals surface area contributed by atoms with Crippen LogP contribution in [0.25, 0.3) is 10.9 Å². The summed E-state index contributed by atoms with van der Waals surface area (Å²) in [6.07, 6.45) is 0. The molecule has 0 bridgehead atoms. The van der Waals surface area contributed by atoms with Gasteiger partial charge in [-0.1, -0.05) is 47.6 Å². The number of hydrogen-bond acceptors (Lipinski definition) is 7. The maximum absolute atomic E-state index is 13.5. The van der Waals surface area contributed by atoms with Gasteiger partial charge in [0.25, 0.3) is 5.56 Å². The molecule has 0 spiro atoms. The average molecular weight is 495 g/mol. The van der Waals surface area contributed by atoms with Crippen molar-refractivity contribution in [2.45, 2.75) is 17.5 Å². The van der Waals surface area contributed by atoms with E-state index in [-0.39, 0.29) is 12.4 Å². The van der Waals surface area contributed by atoms with Crippen LogP contribution in [0.2, 0.25) is 5.02 Å². The molecule has 0 N–H and O–H groups in total. The normalized spacial score (nSPS) is 12.2. The van der Waals surface area contributed by atoms with Crippen LogP contribution < -0.4 is 15.0 Å². The molecule has 0 aliphatic carbocycles. The minimum atomic E-state index is -0.487. The molecule has 3 aromatic carbocycles. The Morgan fingerprint density at radius 2 is 1.94 bits per heavy atom. The molecule has 1 aliphatic heterocycles. The lowest BCUT2D eigenvalue weighted by Gasteiger charge is -2.14. The molecule has 0 fully saturated rings. The number of carbonyl (C=O) groups is 1. The van der Waals surface area contributed by atoms with Crippen LogP contribution >= 0.6 is 23.4 Å². The van der Waals surface area contributed by atoms with Gasteiger partial charge in [0.05, 0.1) is 30.1 Å². The third kappa shape index (κ3) is 4.34. The van der Waals surface area contributed by atoms with Gasteiger partial charge in [-0.05, 0) is 47.5 Å². The lowest BCUT2D eigenvalue weighted by atomic mass is 10.1. The minimum absolute atomic E-state index is 0.178. The highest BCUT2D eigenvalue weighted by Gasteiger charge is 2.18. The highest BCUT2D eigenvalue weighted by molar-refractivity contribution is 7.98. The number of halogens is 1. The molecule has 1 aliphatic rings. The van der Waals surface area contributed by atoms with E-state index in [0.29, 0.717) is 50.4 Å². The maximum atomic E-state index is 13.5. The van der Waals surface area contributed by atoms with Crippen molar-refractivity contribution in [2.24, 2.45) is 0 Å². The Kier molecular flexibility index (Phi) is 6.17. The maximum Gasteiger partial charge on any atom is 0.337 e. The van der Waals surface area contributed by atoms with Gasteiger partial charge >= 0.3 is 5.97 Å². The van der Waals surface area contributed by atoms with Crippen molar-refractivity contribution in [3.8, 4) is 11.5 Å². The Bertz CT molecular complexity index is 1470. The first-order valence-corrected chi connectivity index (χ1v) is 11.8. The molecular formula is C25H19ClN2O5S. The summed E-state index contributed by atoms with van der Waals surface area (Å²) in [6.45, 7) is 0.472. The summed E-state index contributed by atoms with van der Waals surface area (Å²) in [7, 11) is 1.31. The van der Waals surface area contributed by atoms with Gasteiger partial charge < -0.3 is 14.2 Å². The van der Waals surface area contributed by atoms with Crippen LogP contribution in [0.3, 0.4) is 0 Å². The van der Waals surface area contributed by atoms with Crippen LogP contribution in [0.5, 0.6) is 11.5 Å². The molecule has 0 amide bonds. The summed E-state index contributed by atoms with van der Waals surface area (Å²) in [5.74, 6) is 1.36. The average Bonchev–Trinajstić information content (AvgIpc) is 3.32. The van der Waals surface area contributed by atoms with E-state index in [9.17, 15) is 9.59 Å². The third-order valence-corrected chi connectivity index (χ3v) is 6.83. The number of benzene rings is 3. The van der Waals surface area contributed by atoms with Crippen LogP contribution in [0.1, 0.15) is 21.5 Å². The fourth-order valence-electron chi connectivity index (χ4n) is 3.67. The number of thioether (sulfide) groups is 1. The van der Waals surface area contributed by atoms with E-state index >= 15 is 0 Å². The van der Waals surface area contributed by atoms with Gasteiger partial charge in [-0.3, -0.25) is 9.36 Å². The first-order chi connectivity index (χ1) is 16.5. The van der Waals surface area contributed by atoms with Crippen molar-refractivity contribution in [1.29, 1.82) is 0 Å². The molecule has 0 radical (unpaired) electrons. The molecule has 0 saturated heterocycles. The van der Waals surface area contributed by atoms with E-state index in [1.54, 1.807) is 22.8 Å². The summed E-state index contributed by atoms with van der Waals surface area (Å²) in [5, 5.41) is 1.57. The second kappa shape index (κ2) is 9.40. The largest absolute Gasteiger partial charge is 0.465 e. The number of nitrogens with zero attached hydrogens (tertiary/aromatic N) is 2. The van der Waals surface area contributed by atoms with Crippen LogP contribution in [-0.2, 0) is 17.0 Å². The van der Waals surface area contributed by atoms with Crippen LogP contribution in [0.15, 0.2) is 70.6 Å². The van der Waals surface area contributed by atoms with E-state index in [0.717, 1.165) is 11.1 Å². The zero-order valence-electron chi connectivity index (χ0n) is 18.1. The van der Waals surface area contributed by atoms with Gasteiger partial charge in [-0.25, -0.2) is 9.78 Å². The Labute approximate surface area is 204 Å². The SMILES string of the molecule is COC(=O)c1ccc2c(=O)n(Cc3ccc4c(c3)OCO4)c(SCc3ccccc3Cl)nc2c1. The summed E-state index contributed by atoms with van der Waals surface area (Å²) < 4.78 is 17.3. The minimum Gasteiger partial charge on any atom is -0.465 e. The van der Waals surface area contributed by atoms with Gasteiger partial charge in [-0.15, -0.1) is 0 Å². The van der Waals surface area contributed by atoms with Gasteiger partial charge in [0.1, 0.15) is 0 Å². The third-order valence-electron chi connectivity index (χ3n) is 5.43. The second-order valence-corrected chi connectivity index (χ2v) is 8.93. The van der Waals surface area contributed by atoms with E-state index in [1.807, 2.05) is 42.5 Å². The quantitative estimate of drug-likeness (QED) is 0.214. The topological polar surface area (TPSA) is 79.7 Å². The molecule has 0 atom stereocenters. The Balaban J connectivity index is 1.58. The molecule has 34 heavy (non-hydrogen) atoms. The molecule has 0 saturated carbocycles. The van der Waals surface area contributed by atoms with Gasteiger partial charge in [0.2, 0.25) is 6.79 Å². The monoisotopic (exact) mass is 494 g/mol. The number of hydrogen-bond donors (Lipinski definition) is 0. The highest BCUT2D eigenvalue weighted by atomic mass is 35.5. The second-order valence-electron chi connectivity index (χ2n) is 7.58. The predicted molar refractivity (Wildman–Crippen MR) is 130 cm³/mol. The van der Waals surface area contributed by atoms with E-state index in [2.05, 4.69) is 0 Å². The number of rotatable bonds is 6. The summed E-state index contributed by atoms with van der Waals surface area (Å²) in [5.41, 5.74) is 2.36. The molecule has 1 aromatic heterocycles. The Hall–Kier alpha value is -3.49. The summed E-state index contributed by atoms with van der Waals surface area (Å²) in [4.78, 5) is 30.3. The van der Waals surface area contributed by atoms with Gasteiger partial charge in [-0.2, -0.15) is 0 Å². The molecule has 0 unspecified atom stereocenters. The van der Waals surface area contributed by atoms with Crippen molar-refractivity contribution >= 4 is 40.2 Å². The number of carbonyl (C=O) groups excluding carboxylic acids is 1. The molecule has 172 valence electrons. The van der Waals surface area contributed by atoms with Crippen LogP contribution in [0, 0.1) is 0 Å².